The summed E-state index contributed by atoms with van der Waals surface area (Å²) in [7, 11) is 0. The molecule has 3 N–H and O–H groups in total. The molecular weight excluding hydrogens is 268 g/mol. The van der Waals surface area contributed by atoms with Crippen LogP contribution in [0.2, 0.25) is 0 Å². The standard InChI is InChI=1S/C12H10N2O4S/c15-10(16)8-3-1-7(2-4-8)5-13-12-14-9(6-19-12)11(17)18/h1-4,6H,5H2,(H,13,14)(H,15,16)(H,17,18). The van der Waals surface area contributed by atoms with E-state index in [1.807, 2.05) is 0 Å². The van der Waals surface area contributed by atoms with Gasteiger partial charge < -0.3 is 15.5 Å². The van der Waals surface area contributed by atoms with Crippen LogP contribution >= 0.6 is 11.3 Å². The molecule has 0 radical (unpaired) electrons. The van der Waals surface area contributed by atoms with Crippen molar-refractivity contribution in [2.75, 3.05) is 5.32 Å². The Hall–Kier alpha value is -2.41. The smallest absolute Gasteiger partial charge is 0.355 e. The summed E-state index contributed by atoms with van der Waals surface area (Å²) in [5.41, 5.74) is 1.12. The fourth-order valence-corrected chi connectivity index (χ4v) is 2.08. The predicted molar refractivity (Wildman–Crippen MR) is 69.8 cm³/mol. The van der Waals surface area contributed by atoms with E-state index < -0.39 is 11.9 Å². The van der Waals surface area contributed by atoms with Crippen molar-refractivity contribution in [2.24, 2.45) is 0 Å². The van der Waals surface area contributed by atoms with Gasteiger partial charge in [-0.15, -0.1) is 11.3 Å². The molecule has 0 saturated heterocycles. The van der Waals surface area contributed by atoms with Crippen LogP contribution < -0.4 is 5.32 Å². The summed E-state index contributed by atoms with van der Waals surface area (Å²) in [6, 6.07) is 6.43. The molecule has 19 heavy (non-hydrogen) atoms. The lowest BCUT2D eigenvalue weighted by atomic mass is 10.1. The third-order valence-corrected chi connectivity index (χ3v) is 3.17. The zero-order chi connectivity index (χ0) is 13.8. The van der Waals surface area contributed by atoms with Crippen LogP contribution in [0.4, 0.5) is 5.13 Å². The maximum atomic E-state index is 10.7. The second-order valence-electron chi connectivity index (χ2n) is 3.70. The van der Waals surface area contributed by atoms with E-state index in [1.165, 1.54) is 28.8 Å². The number of aromatic carboxylic acids is 2. The van der Waals surface area contributed by atoms with E-state index in [-0.39, 0.29) is 11.3 Å². The minimum absolute atomic E-state index is 0.00808. The summed E-state index contributed by atoms with van der Waals surface area (Å²) in [5.74, 6) is -2.03. The van der Waals surface area contributed by atoms with Gasteiger partial charge >= 0.3 is 11.9 Å². The Morgan fingerprint density at radius 2 is 1.84 bits per heavy atom. The van der Waals surface area contributed by atoms with Gasteiger partial charge in [0, 0.05) is 11.9 Å². The van der Waals surface area contributed by atoms with Gasteiger partial charge in [0.25, 0.3) is 0 Å². The Kier molecular flexibility index (Phi) is 3.76. The molecule has 6 nitrogen and oxygen atoms in total. The first kappa shape index (κ1) is 13.0. The lowest BCUT2D eigenvalue weighted by Gasteiger charge is -2.03. The minimum atomic E-state index is -1.06. The highest BCUT2D eigenvalue weighted by molar-refractivity contribution is 7.13. The molecule has 2 aromatic rings. The number of hydrogen-bond acceptors (Lipinski definition) is 5. The second-order valence-corrected chi connectivity index (χ2v) is 4.56. The number of carboxylic acid groups (broad SMARTS) is 2. The van der Waals surface area contributed by atoms with Crippen LogP contribution in [0, 0.1) is 0 Å². The topological polar surface area (TPSA) is 99.5 Å². The molecule has 0 saturated carbocycles. The molecule has 0 aliphatic rings. The highest BCUT2D eigenvalue weighted by atomic mass is 32.1. The Bertz CT molecular complexity index is 606. The van der Waals surface area contributed by atoms with Gasteiger partial charge in [0.1, 0.15) is 0 Å². The molecule has 1 aromatic heterocycles. The van der Waals surface area contributed by atoms with Gasteiger partial charge in [-0.1, -0.05) is 12.1 Å². The molecule has 0 fully saturated rings. The summed E-state index contributed by atoms with van der Waals surface area (Å²) < 4.78 is 0. The molecule has 0 atom stereocenters. The third kappa shape index (κ3) is 3.29. The van der Waals surface area contributed by atoms with E-state index in [9.17, 15) is 9.59 Å². The summed E-state index contributed by atoms with van der Waals surface area (Å²) in [4.78, 5) is 25.2. The first-order valence-corrected chi connectivity index (χ1v) is 6.19. The van der Waals surface area contributed by atoms with Crippen molar-refractivity contribution < 1.29 is 19.8 Å². The zero-order valence-corrected chi connectivity index (χ0v) is 10.5. The van der Waals surface area contributed by atoms with Crippen LogP contribution in [0.15, 0.2) is 29.6 Å². The summed E-state index contributed by atoms with van der Waals surface area (Å²) >= 11 is 1.21. The van der Waals surface area contributed by atoms with E-state index in [4.69, 9.17) is 10.2 Å². The van der Waals surface area contributed by atoms with Gasteiger partial charge in [-0.3, -0.25) is 0 Å². The maximum Gasteiger partial charge on any atom is 0.355 e. The molecule has 0 aliphatic carbocycles. The molecule has 98 valence electrons. The highest BCUT2D eigenvalue weighted by Crippen LogP contribution is 2.16. The molecule has 0 bridgehead atoms. The summed E-state index contributed by atoms with van der Waals surface area (Å²) in [5, 5.41) is 22.4. The fourth-order valence-electron chi connectivity index (χ4n) is 1.40. The van der Waals surface area contributed by atoms with Crippen molar-refractivity contribution in [3.8, 4) is 0 Å². The Morgan fingerprint density at radius 1 is 1.16 bits per heavy atom. The average molecular weight is 278 g/mol. The van der Waals surface area contributed by atoms with Crippen LogP contribution in [0.3, 0.4) is 0 Å². The van der Waals surface area contributed by atoms with Gasteiger partial charge in [-0.2, -0.15) is 0 Å². The zero-order valence-electron chi connectivity index (χ0n) is 9.66. The van der Waals surface area contributed by atoms with Crippen molar-refractivity contribution in [1.82, 2.24) is 4.98 Å². The van der Waals surface area contributed by atoms with Crippen molar-refractivity contribution in [3.63, 3.8) is 0 Å². The molecule has 0 amide bonds. The number of nitrogens with zero attached hydrogens (tertiary/aromatic N) is 1. The van der Waals surface area contributed by atoms with Crippen LogP contribution in [0.5, 0.6) is 0 Å². The number of carboxylic acids is 2. The van der Waals surface area contributed by atoms with Gasteiger partial charge in [0.2, 0.25) is 0 Å². The van der Waals surface area contributed by atoms with Crippen LogP contribution in [-0.4, -0.2) is 27.1 Å². The number of aromatic nitrogens is 1. The average Bonchev–Trinajstić information content (AvgIpc) is 2.86. The van der Waals surface area contributed by atoms with E-state index in [0.29, 0.717) is 11.7 Å². The lowest BCUT2D eigenvalue weighted by molar-refractivity contribution is 0.0683. The highest BCUT2D eigenvalue weighted by Gasteiger charge is 2.08. The summed E-state index contributed by atoms with van der Waals surface area (Å²) in [6.45, 7) is 0.451. The number of rotatable bonds is 5. The second kappa shape index (κ2) is 5.49. The fraction of sp³-hybridized carbons (Fsp3) is 0.0833. The van der Waals surface area contributed by atoms with Gasteiger partial charge in [-0.25, -0.2) is 14.6 Å². The van der Waals surface area contributed by atoms with E-state index in [1.54, 1.807) is 12.1 Å². The van der Waals surface area contributed by atoms with Crippen molar-refractivity contribution >= 4 is 28.4 Å². The van der Waals surface area contributed by atoms with E-state index in [2.05, 4.69) is 10.3 Å². The van der Waals surface area contributed by atoms with Crippen LogP contribution in [-0.2, 0) is 6.54 Å². The summed E-state index contributed by atoms with van der Waals surface area (Å²) in [6.07, 6.45) is 0. The molecular formula is C12H10N2O4S. The van der Waals surface area contributed by atoms with Crippen LogP contribution in [0.25, 0.3) is 0 Å². The normalized spacial score (nSPS) is 10.1. The quantitative estimate of drug-likeness (QED) is 0.775. The van der Waals surface area contributed by atoms with Gasteiger partial charge in [-0.05, 0) is 17.7 Å². The molecule has 1 aromatic carbocycles. The number of benzene rings is 1. The minimum Gasteiger partial charge on any atom is -0.478 e. The predicted octanol–water partition coefficient (Wildman–Crippen LogP) is 2.15. The Labute approximate surface area is 112 Å². The monoisotopic (exact) mass is 278 g/mol. The molecule has 0 spiro atoms. The Balaban J connectivity index is 1.97. The van der Waals surface area contributed by atoms with Crippen molar-refractivity contribution in [3.05, 3.63) is 46.5 Å². The Morgan fingerprint density at radius 3 is 2.37 bits per heavy atom. The number of carbonyl (C=O) groups is 2. The first-order valence-electron chi connectivity index (χ1n) is 5.31. The number of hydrogen-bond donors (Lipinski definition) is 3. The SMILES string of the molecule is O=C(O)c1ccc(CNc2nc(C(=O)O)cs2)cc1. The molecule has 1 heterocycles. The first-order chi connectivity index (χ1) is 9.06. The molecule has 0 unspecified atom stereocenters. The number of thiazole rings is 1. The molecule has 0 aliphatic heterocycles. The van der Waals surface area contributed by atoms with Gasteiger partial charge in [0.15, 0.2) is 10.8 Å². The van der Waals surface area contributed by atoms with Gasteiger partial charge in [0.05, 0.1) is 5.56 Å². The number of nitrogens with one attached hydrogen (secondary N) is 1. The van der Waals surface area contributed by atoms with Crippen molar-refractivity contribution in [2.45, 2.75) is 6.54 Å². The molecule has 7 heteroatoms. The van der Waals surface area contributed by atoms with E-state index in [0.717, 1.165) is 5.56 Å². The lowest BCUT2D eigenvalue weighted by Crippen LogP contribution is -2.02. The third-order valence-electron chi connectivity index (χ3n) is 2.37. The van der Waals surface area contributed by atoms with Crippen molar-refractivity contribution in [1.29, 1.82) is 0 Å². The maximum absolute atomic E-state index is 10.7. The van der Waals surface area contributed by atoms with E-state index >= 15 is 0 Å². The number of anilines is 1. The van der Waals surface area contributed by atoms with Crippen LogP contribution in [0.1, 0.15) is 26.4 Å². The molecule has 2 rings (SSSR count). The largest absolute Gasteiger partial charge is 0.478 e.